The van der Waals surface area contributed by atoms with Crippen LogP contribution in [-0.4, -0.2) is 44.7 Å². The molecule has 0 bridgehead atoms. The zero-order valence-electron chi connectivity index (χ0n) is 13.0. The fourth-order valence-electron chi connectivity index (χ4n) is 3.66. The summed E-state index contributed by atoms with van der Waals surface area (Å²) in [7, 11) is 0. The van der Waals surface area contributed by atoms with E-state index in [0.29, 0.717) is 12.0 Å². The molecule has 21 heavy (non-hydrogen) atoms. The Morgan fingerprint density at radius 1 is 1.38 bits per heavy atom. The van der Waals surface area contributed by atoms with Crippen molar-refractivity contribution < 1.29 is 9.90 Å². The standard InChI is InChI=1S/C16H25N3O2/c1-11(2)18-8-4-5-12(9-18)13-10-19-14(16(20)21)6-3-7-15(19)17-13/h10-12,14H,3-9H2,1-2H3,(H,20,21). The van der Waals surface area contributed by atoms with Crippen LogP contribution in [0.5, 0.6) is 0 Å². The molecule has 5 heteroatoms. The lowest BCUT2D eigenvalue weighted by atomic mass is 9.94. The quantitative estimate of drug-likeness (QED) is 0.929. The van der Waals surface area contributed by atoms with E-state index < -0.39 is 12.0 Å². The van der Waals surface area contributed by atoms with E-state index in [-0.39, 0.29) is 0 Å². The van der Waals surface area contributed by atoms with Gasteiger partial charge in [-0.1, -0.05) is 0 Å². The fraction of sp³-hybridized carbons (Fsp3) is 0.750. The largest absolute Gasteiger partial charge is 0.480 e. The van der Waals surface area contributed by atoms with E-state index in [1.54, 1.807) is 0 Å². The molecule has 0 aromatic carbocycles. The number of imidazole rings is 1. The maximum Gasteiger partial charge on any atom is 0.326 e. The fourth-order valence-corrected chi connectivity index (χ4v) is 3.66. The molecule has 1 aromatic heterocycles. The van der Waals surface area contributed by atoms with Crippen LogP contribution >= 0.6 is 0 Å². The minimum atomic E-state index is -0.729. The summed E-state index contributed by atoms with van der Waals surface area (Å²) in [6.45, 7) is 6.69. The first-order valence-corrected chi connectivity index (χ1v) is 8.10. The summed E-state index contributed by atoms with van der Waals surface area (Å²) in [5, 5.41) is 9.36. The highest BCUT2D eigenvalue weighted by Gasteiger charge is 2.30. The monoisotopic (exact) mass is 291 g/mol. The summed E-state index contributed by atoms with van der Waals surface area (Å²) in [6.07, 6.45) is 6.94. The Morgan fingerprint density at radius 3 is 2.90 bits per heavy atom. The Hall–Kier alpha value is -1.36. The number of rotatable bonds is 3. The van der Waals surface area contributed by atoms with Gasteiger partial charge in [-0.15, -0.1) is 0 Å². The SMILES string of the molecule is CC(C)N1CCCC(c2cn3c(n2)CCCC3C(=O)O)C1. The molecule has 0 saturated carbocycles. The molecular formula is C16H25N3O2. The minimum Gasteiger partial charge on any atom is -0.480 e. The topological polar surface area (TPSA) is 58.4 Å². The van der Waals surface area contributed by atoms with Crippen molar-refractivity contribution in [2.24, 2.45) is 0 Å². The van der Waals surface area contributed by atoms with Crippen molar-refractivity contribution >= 4 is 5.97 Å². The average molecular weight is 291 g/mol. The number of carbonyl (C=O) groups is 1. The minimum absolute atomic E-state index is 0.417. The number of carboxylic acids is 1. The number of likely N-dealkylation sites (tertiary alicyclic amines) is 1. The molecule has 116 valence electrons. The zero-order valence-corrected chi connectivity index (χ0v) is 13.0. The van der Waals surface area contributed by atoms with Gasteiger partial charge in [-0.05, 0) is 46.1 Å². The third-order valence-corrected chi connectivity index (χ3v) is 4.93. The predicted octanol–water partition coefficient (Wildman–Crippen LogP) is 2.43. The molecule has 1 fully saturated rings. The maximum absolute atomic E-state index is 11.4. The van der Waals surface area contributed by atoms with E-state index in [1.165, 1.54) is 13.0 Å². The van der Waals surface area contributed by atoms with Crippen LogP contribution in [0.25, 0.3) is 0 Å². The average Bonchev–Trinajstić information content (AvgIpc) is 2.91. The molecule has 3 rings (SSSR count). The summed E-state index contributed by atoms with van der Waals surface area (Å²) >= 11 is 0. The molecule has 1 N–H and O–H groups in total. The van der Waals surface area contributed by atoms with Gasteiger partial charge in [0.05, 0.1) is 5.69 Å². The number of hydrogen-bond acceptors (Lipinski definition) is 3. The first-order valence-electron chi connectivity index (χ1n) is 8.10. The molecule has 0 aliphatic carbocycles. The van der Waals surface area contributed by atoms with Gasteiger partial charge in [-0.2, -0.15) is 0 Å². The van der Waals surface area contributed by atoms with Crippen molar-refractivity contribution in [3.8, 4) is 0 Å². The highest BCUT2D eigenvalue weighted by Crippen LogP contribution is 2.31. The third-order valence-electron chi connectivity index (χ3n) is 4.93. The van der Waals surface area contributed by atoms with Crippen molar-refractivity contribution in [1.29, 1.82) is 0 Å². The molecule has 2 atom stereocenters. The van der Waals surface area contributed by atoms with Crippen molar-refractivity contribution in [3.05, 3.63) is 17.7 Å². The first-order chi connectivity index (χ1) is 10.1. The van der Waals surface area contributed by atoms with Gasteiger partial charge in [0.1, 0.15) is 11.9 Å². The van der Waals surface area contributed by atoms with Crippen molar-refractivity contribution in [3.63, 3.8) is 0 Å². The molecule has 5 nitrogen and oxygen atoms in total. The lowest BCUT2D eigenvalue weighted by molar-refractivity contribution is -0.141. The molecule has 1 saturated heterocycles. The highest BCUT2D eigenvalue weighted by atomic mass is 16.4. The van der Waals surface area contributed by atoms with Gasteiger partial charge in [-0.25, -0.2) is 9.78 Å². The number of fused-ring (bicyclic) bond motifs is 1. The lowest BCUT2D eigenvalue weighted by Crippen LogP contribution is -2.39. The number of aliphatic carboxylic acids is 1. The van der Waals surface area contributed by atoms with E-state index in [2.05, 4.69) is 18.7 Å². The van der Waals surface area contributed by atoms with Crippen LogP contribution in [0, 0.1) is 0 Å². The summed E-state index contributed by atoms with van der Waals surface area (Å²) < 4.78 is 1.91. The van der Waals surface area contributed by atoms with Crippen LogP contribution in [0.1, 0.15) is 63.0 Å². The Bertz CT molecular complexity index is 524. The molecule has 3 heterocycles. The third kappa shape index (κ3) is 2.84. The molecule has 0 radical (unpaired) electrons. The summed E-state index contributed by atoms with van der Waals surface area (Å²) in [6, 6.07) is 0.150. The number of hydrogen-bond donors (Lipinski definition) is 1. The molecule has 2 unspecified atom stereocenters. The van der Waals surface area contributed by atoms with Gasteiger partial charge in [-0.3, -0.25) is 0 Å². The van der Waals surface area contributed by atoms with Crippen molar-refractivity contribution in [2.45, 2.75) is 64.0 Å². The highest BCUT2D eigenvalue weighted by molar-refractivity contribution is 5.72. The smallest absolute Gasteiger partial charge is 0.326 e. The van der Waals surface area contributed by atoms with E-state index in [4.69, 9.17) is 4.98 Å². The van der Waals surface area contributed by atoms with Crippen molar-refractivity contribution in [1.82, 2.24) is 14.5 Å². The second-order valence-electron chi connectivity index (χ2n) is 6.66. The number of carboxylic acid groups (broad SMARTS) is 1. The van der Waals surface area contributed by atoms with Crippen LogP contribution in [0.15, 0.2) is 6.20 Å². The summed E-state index contributed by atoms with van der Waals surface area (Å²) in [5.74, 6) is 0.686. The molecule has 0 amide bonds. The second kappa shape index (κ2) is 5.79. The van der Waals surface area contributed by atoms with E-state index >= 15 is 0 Å². The van der Waals surface area contributed by atoms with Gasteiger partial charge in [0.15, 0.2) is 0 Å². The van der Waals surface area contributed by atoms with Crippen molar-refractivity contribution in [2.75, 3.05) is 13.1 Å². The summed E-state index contributed by atoms with van der Waals surface area (Å²) in [4.78, 5) is 18.7. The van der Waals surface area contributed by atoms with Crippen LogP contribution in [0.2, 0.25) is 0 Å². The Morgan fingerprint density at radius 2 is 2.19 bits per heavy atom. The molecule has 1 aromatic rings. The molecular weight excluding hydrogens is 266 g/mol. The van der Waals surface area contributed by atoms with Gasteiger partial charge >= 0.3 is 5.97 Å². The van der Waals surface area contributed by atoms with Crippen LogP contribution in [-0.2, 0) is 11.2 Å². The Balaban J connectivity index is 1.82. The Kier molecular flexibility index (Phi) is 4.02. The van der Waals surface area contributed by atoms with E-state index in [0.717, 1.165) is 43.7 Å². The van der Waals surface area contributed by atoms with Gasteiger partial charge < -0.3 is 14.6 Å². The van der Waals surface area contributed by atoms with Crippen LogP contribution in [0.3, 0.4) is 0 Å². The van der Waals surface area contributed by atoms with Gasteiger partial charge in [0.25, 0.3) is 0 Å². The second-order valence-corrected chi connectivity index (χ2v) is 6.66. The normalized spacial score (nSPS) is 26.8. The number of piperidine rings is 1. The predicted molar refractivity (Wildman–Crippen MR) is 80.5 cm³/mol. The van der Waals surface area contributed by atoms with E-state index in [9.17, 15) is 9.90 Å². The lowest BCUT2D eigenvalue weighted by Gasteiger charge is -2.34. The van der Waals surface area contributed by atoms with Gasteiger partial charge in [0, 0.05) is 31.1 Å². The van der Waals surface area contributed by atoms with Crippen LogP contribution in [0.4, 0.5) is 0 Å². The zero-order chi connectivity index (χ0) is 15.0. The molecule has 0 spiro atoms. The van der Waals surface area contributed by atoms with Gasteiger partial charge in [0.2, 0.25) is 0 Å². The number of aromatic nitrogens is 2. The molecule has 2 aliphatic heterocycles. The number of aryl methyl sites for hydroxylation is 1. The first kappa shape index (κ1) is 14.6. The maximum atomic E-state index is 11.4. The molecule has 2 aliphatic rings. The Labute approximate surface area is 126 Å². The number of nitrogens with zero attached hydrogens (tertiary/aromatic N) is 3. The van der Waals surface area contributed by atoms with E-state index in [1.807, 2.05) is 10.8 Å². The summed E-state index contributed by atoms with van der Waals surface area (Å²) in [5.41, 5.74) is 1.10. The van der Waals surface area contributed by atoms with Crippen LogP contribution < -0.4 is 0 Å².